The van der Waals surface area contributed by atoms with Gasteiger partial charge in [-0.1, -0.05) is 12.1 Å². The van der Waals surface area contributed by atoms with E-state index in [-0.39, 0.29) is 23.5 Å². The lowest BCUT2D eigenvalue weighted by Crippen LogP contribution is -2.32. The number of amides is 1. The first-order chi connectivity index (χ1) is 12.6. The molecule has 26 heavy (non-hydrogen) atoms. The molecule has 0 aromatic heterocycles. The molecule has 0 aliphatic carbocycles. The van der Waals surface area contributed by atoms with Crippen LogP contribution in [0, 0.1) is 5.82 Å². The van der Waals surface area contributed by atoms with Gasteiger partial charge in [0.2, 0.25) is 5.91 Å². The third kappa shape index (κ3) is 3.96. The average molecular weight is 375 g/mol. The highest BCUT2D eigenvalue weighted by Gasteiger charge is 2.32. The Morgan fingerprint density at radius 1 is 1.23 bits per heavy atom. The summed E-state index contributed by atoms with van der Waals surface area (Å²) in [7, 11) is 3.24. The molecule has 1 heterocycles. The number of carbonyl (C=O) groups excluding carboxylic acids is 1. The van der Waals surface area contributed by atoms with Crippen molar-refractivity contribution in [1.82, 2.24) is 4.90 Å². The Balaban J connectivity index is 1.75. The highest BCUT2D eigenvalue weighted by atomic mass is 32.2. The lowest BCUT2D eigenvalue weighted by molar-refractivity contribution is -0.129. The molecule has 6 heteroatoms. The SMILES string of the molecule is COc1ccc(OC)c([C@H]2CCCN2C(=O)CSc2ccccc2F)c1. The molecule has 1 fully saturated rings. The van der Waals surface area contributed by atoms with Crippen LogP contribution in [0.25, 0.3) is 0 Å². The van der Waals surface area contributed by atoms with E-state index in [0.717, 1.165) is 29.9 Å². The van der Waals surface area contributed by atoms with Crippen LogP contribution in [0.15, 0.2) is 47.4 Å². The molecule has 1 aliphatic heterocycles. The number of methoxy groups -OCH3 is 2. The summed E-state index contributed by atoms with van der Waals surface area (Å²) in [5.74, 6) is 1.41. The second-order valence-corrected chi connectivity index (χ2v) is 7.09. The maximum absolute atomic E-state index is 13.8. The van der Waals surface area contributed by atoms with E-state index in [1.54, 1.807) is 32.4 Å². The molecule has 0 spiro atoms. The third-order valence-electron chi connectivity index (χ3n) is 4.56. The lowest BCUT2D eigenvalue weighted by atomic mass is 10.0. The van der Waals surface area contributed by atoms with Crippen molar-refractivity contribution in [1.29, 1.82) is 0 Å². The number of hydrogen-bond acceptors (Lipinski definition) is 4. The van der Waals surface area contributed by atoms with Gasteiger partial charge in [0, 0.05) is 17.0 Å². The Morgan fingerprint density at radius 3 is 2.77 bits per heavy atom. The summed E-state index contributed by atoms with van der Waals surface area (Å²) in [6.07, 6.45) is 1.81. The van der Waals surface area contributed by atoms with Gasteiger partial charge in [-0.25, -0.2) is 4.39 Å². The van der Waals surface area contributed by atoms with E-state index >= 15 is 0 Å². The fraction of sp³-hybridized carbons (Fsp3) is 0.350. The predicted octanol–water partition coefficient (Wildman–Crippen LogP) is 4.30. The molecule has 0 bridgehead atoms. The minimum Gasteiger partial charge on any atom is -0.497 e. The van der Waals surface area contributed by atoms with Gasteiger partial charge >= 0.3 is 0 Å². The number of hydrogen-bond donors (Lipinski definition) is 0. The first-order valence-corrected chi connectivity index (χ1v) is 9.51. The van der Waals surface area contributed by atoms with E-state index in [4.69, 9.17) is 9.47 Å². The second-order valence-electron chi connectivity index (χ2n) is 6.07. The first kappa shape index (κ1) is 18.6. The van der Waals surface area contributed by atoms with Gasteiger partial charge in [0.25, 0.3) is 0 Å². The Labute approximate surface area is 157 Å². The summed E-state index contributed by atoms with van der Waals surface area (Å²) in [5, 5.41) is 0. The van der Waals surface area contributed by atoms with Crippen LogP contribution in [0.4, 0.5) is 4.39 Å². The number of rotatable bonds is 6. The van der Waals surface area contributed by atoms with Crippen LogP contribution < -0.4 is 9.47 Å². The van der Waals surface area contributed by atoms with Crippen molar-refractivity contribution in [2.24, 2.45) is 0 Å². The van der Waals surface area contributed by atoms with Crippen molar-refractivity contribution in [2.75, 3.05) is 26.5 Å². The van der Waals surface area contributed by atoms with E-state index in [2.05, 4.69) is 0 Å². The monoisotopic (exact) mass is 375 g/mol. The van der Waals surface area contributed by atoms with E-state index in [0.29, 0.717) is 11.4 Å². The molecule has 1 saturated heterocycles. The van der Waals surface area contributed by atoms with E-state index in [1.807, 2.05) is 23.1 Å². The normalized spacial score (nSPS) is 16.6. The van der Waals surface area contributed by atoms with Gasteiger partial charge in [-0.2, -0.15) is 0 Å². The highest BCUT2D eigenvalue weighted by Crippen LogP contribution is 2.39. The van der Waals surface area contributed by atoms with Gasteiger partial charge in [-0.15, -0.1) is 11.8 Å². The number of carbonyl (C=O) groups is 1. The summed E-state index contributed by atoms with van der Waals surface area (Å²) >= 11 is 1.23. The molecule has 0 saturated carbocycles. The number of benzene rings is 2. The number of thioether (sulfide) groups is 1. The number of likely N-dealkylation sites (tertiary alicyclic amines) is 1. The summed E-state index contributed by atoms with van der Waals surface area (Å²) < 4.78 is 24.6. The Morgan fingerprint density at radius 2 is 2.04 bits per heavy atom. The summed E-state index contributed by atoms with van der Waals surface area (Å²) in [6, 6.07) is 12.1. The fourth-order valence-electron chi connectivity index (χ4n) is 3.27. The number of nitrogens with zero attached hydrogens (tertiary/aromatic N) is 1. The standard InChI is InChI=1S/C20H22FNO3S/c1-24-14-9-10-18(25-2)15(12-14)17-7-5-11-22(17)20(23)13-26-19-8-4-3-6-16(19)21/h3-4,6,8-10,12,17H,5,7,11,13H2,1-2H3/t17-/m1/s1. The van der Waals surface area contributed by atoms with Crippen molar-refractivity contribution in [3.8, 4) is 11.5 Å². The summed E-state index contributed by atoms with van der Waals surface area (Å²) in [4.78, 5) is 15.1. The van der Waals surface area contributed by atoms with Gasteiger partial charge in [0.15, 0.2) is 0 Å². The number of halogens is 1. The lowest BCUT2D eigenvalue weighted by Gasteiger charge is -2.26. The maximum Gasteiger partial charge on any atom is 0.233 e. The van der Waals surface area contributed by atoms with Crippen LogP contribution in [-0.4, -0.2) is 37.3 Å². The highest BCUT2D eigenvalue weighted by molar-refractivity contribution is 8.00. The molecule has 0 radical (unpaired) electrons. The average Bonchev–Trinajstić information content (AvgIpc) is 3.16. The van der Waals surface area contributed by atoms with Crippen LogP contribution in [0.1, 0.15) is 24.4 Å². The third-order valence-corrected chi connectivity index (χ3v) is 5.59. The molecule has 1 aliphatic rings. The Kier molecular flexibility index (Phi) is 6.04. The summed E-state index contributed by atoms with van der Waals surface area (Å²) in [6.45, 7) is 0.696. The van der Waals surface area contributed by atoms with Crippen molar-refractivity contribution in [3.05, 3.63) is 53.8 Å². The van der Waals surface area contributed by atoms with Crippen molar-refractivity contribution in [2.45, 2.75) is 23.8 Å². The molecule has 1 amide bonds. The zero-order valence-electron chi connectivity index (χ0n) is 14.9. The van der Waals surface area contributed by atoms with Crippen LogP contribution in [-0.2, 0) is 4.79 Å². The molecule has 2 aromatic rings. The van der Waals surface area contributed by atoms with Crippen molar-refractivity contribution < 1.29 is 18.7 Å². The fourth-order valence-corrected chi connectivity index (χ4v) is 4.10. The second kappa shape index (κ2) is 8.45. The maximum atomic E-state index is 13.8. The molecule has 3 rings (SSSR count). The van der Waals surface area contributed by atoms with Crippen LogP contribution in [0.3, 0.4) is 0 Å². The molecule has 0 N–H and O–H groups in total. The van der Waals surface area contributed by atoms with Crippen molar-refractivity contribution >= 4 is 17.7 Å². The zero-order chi connectivity index (χ0) is 18.5. The Hall–Kier alpha value is -2.21. The van der Waals surface area contributed by atoms with Gasteiger partial charge in [-0.3, -0.25) is 4.79 Å². The molecule has 2 aromatic carbocycles. The van der Waals surface area contributed by atoms with E-state index in [9.17, 15) is 9.18 Å². The van der Waals surface area contributed by atoms with Gasteiger partial charge in [0.1, 0.15) is 17.3 Å². The van der Waals surface area contributed by atoms with E-state index in [1.165, 1.54) is 17.8 Å². The van der Waals surface area contributed by atoms with Gasteiger partial charge in [-0.05, 0) is 43.2 Å². The van der Waals surface area contributed by atoms with Gasteiger partial charge < -0.3 is 14.4 Å². The van der Waals surface area contributed by atoms with Crippen LogP contribution in [0.5, 0.6) is 11.5 Å². The molecule has 1 atom stereocenters. The van der Waals surface area contributed by atoms with Crippen LogP contribution in [0.2, 0.25) is 0 Å². The molecular formula is C20H22FNO3S. The topological polar surface area (TPSA) is 38.8 Å². The van der Waals surface area contributed by atoms with Gasteiger partial charge in [0.05, 0.1) is 26.0 Å². The minimum atomic E-state index is -0.294. The van der Waals surface area contributed by atoms with E-state index < -0.39 is 0 Å². The quantitative estimate of drug-likeness (QED) is 0.706. The molecule has 0 unspecified atom stereocenters. The largest absolute Gasteiger partial charge is 0.497 e. The molecule has 138 valence electrons. The number of ether oxygens (including phenoxy) is 2. The Bertz CT molecular complexity index is 783. The molecule has 4 nitrogen and oxygen atoms in total. The van der Waals surface area contributed by atoms with Crippen LogP contribution >= 0.6 is 11.8 Å². The summed E-state index contributed by atoms with van der Waals surface area (Å²) in [5.41, 5.74) is 0.952. The smallest absolute Gasteiger partial charge is 0.233 e. The predicted molar refractivity (Wildman–Crippen MR) is 100 cm³/mol. The van der Waals surface area contributed by atoms with Crippen molar-refractivity contribution in [3.63, 3.8) is 0 Å². The minimum absolute atomic E-state index is 0.00521. The first-order valence-electron chi connectivity index (χ1n) is 8.52. The molecular weight excluding hydrogens is 353 g/mol. The zero-order valence-corrected chi connectivity index (χ0v) is 15.7.